The molecule has 6 heteroatoms. The van der Waals surface area contributed by atoms with Gasteiger partial charge in [-0.2, -0.15) is 5.10 Å². The van der Waals surface area contributed by atoms with Crippen LogP contribution in [0.2, 0.25) is 0 Å². The summed E-state index contributed by atoms with van der Waals surface area (Å²) < 4.78 is 14.5. The molecule has 2 atom stereocenters. The largest absolute Gasteiger partial charge is 0.496 e. The van der Waals surface area contributed by atoms with Gasteiger partial charge in [0, 0.05) is 12.0 Å². The van der Waals surface area contributed by atoms with Crippen LogP contribution in [0.3, 0.4) is 0 Å². The summed E-state index contributed by atoms with van der Waals surface area (Å²) in [6, 6.07) is 11.2. The number of fused-ring (bicyclic) bond motifs is 1. The van der Waals surface area contributed by atoms with Gasteiger partial charge in [-0.15, -0.1) is 11.8 Å². The molecular weight excluding hydrogens is 394 g/mol. The maximum atomic E-state index is 5.78. The molecule has 2 aromatic heterocycles. The summed E-state index contributed by atoms with van der Waals surface area (Å²) in [5.74, 6) is 0.889. The summed E-state index contributed by atoms with van der Waals surface area (Å²) in [6.07, 6.45) is 3.20. The van der Waals surface area contributed by atoms with Crippen LogP contribution < -0.4 is 9.22 Å². The number of pyridine rings is 1. The van der Waals surface area contributed by atoms with Gasteiger partial charge in [-0.1, -0.05) is 12.1 Å². The first-order valence-corrected chi connectivity index (χ1v) is 11.8. The predicted octanol–water partition coefficient (Wildman–Crippen LogP) is 5.09. The van der Waals surface area contributed by atoms with Crippen LogP contribution in [-0.4, -0.2) is 55.8 Å². The fourth-order valence-electron chi connectivity index (χ4n) is 4.83. The third kappa shape index (κ3) is 3.31. The van der Waals surface area contributed by atoms with Gasteiger partial charge in [0.15, 0.2) is 10.7 Å². The number of hydrogen-bond donors (Lipinski definition) is 0. The van der Waals surface area contributed by atoms with Crippen LogP contribution in [0.25, 0.3) is 16.8 Å². The predicted molar refractivity (Wildman–Crippen MR) is 126 cm³/mol. The average molecular weight is 427 g/mol. The normalized spacial score (nSPS) is 18.7. The fourth-order valence-corrected chi connectivity index (χ4v) is 5.50. The number of rotatable bonds is 6. The Kier molecular flexibility index (Phi) is 5.84. The van der Waals surface area contributed by atoms with Gasteiger partial charge in [0.25, 0.3) is 0 Å². The van der Waals surface area contributed by atoms with Gasteiger partial charge in [-0.3, -0.25) is 4.48 Å². The molecule has 3 heterocycles. The number of nitrogens with zero attached hydrogens (tertiary/aromatic N) is 3. The van der Waals surface area contributed by atoms with E-state index in [0.29, 0.717) is 6.04 Å². The molecule has 4 rings (SSSR count). The number of hydrogen-bond acceptors (Lipinski definition) is 4. The molecule has 2 unspecified atom stereocenters. The number of benzene rings is 1. The van der Waals surface area contributed by atoms with Crippen LogP contribution in [0.15, 0.2) is 35.4 Å². The van der Waals surface area contributed by atoms with Crippen LogP contribution in [-0.2, 0) is 4.74 Å². The van der Waals surface area contributed by atoms with Gasteiger partial charge >= 0.3 is 0 Å². The lowest BCUT2D eigenvalue weighted by Gasteiger charge is -2.37. The molecule has 3 aromatic rings. The third-order valence-electron chi connectivity index (χ3n) is 6.59. The molecule has 1 aromatic carbocycles. The first kappa shape index (κ1) is 21.2. The molecule has 1 aliphatic heterocycles. The fraction of sp³-hybridized carbons (Fsp3) is 0.458. The summed E-state index contributed by atoms with van der Waals surface area (Å²) in [5.41, 5.74) is 7.02. The number of likely N-dealkylation sites (N-methyl/N-ethyl adjacent to an activating group) is 1. The Morgan fingerprint density at radius 2 is 2.10 bits per heavy atom. The standard InChI is InChI=1S/C24H32N3O2S/c1-7-27(4,18-11-12-29-15-18)23-20-10-8-9-19(26(20)25-24(23)30-6)22-17(3)13-16(2)14-21(22)28-5/h8-10,13-14,18H,7,11-12,15H2,1-6H3/q+1. The minimum absolute atomic E-state index is 0.452. The minimum atomic E-state index is 0.452. The molecule has 1 aliphatic rings. The van der Waals surface area contributed by atoms with Gasteiger partial charge < -0.3 is 9.47 Å². The highest BCUT2D eigenvalue weighted by Gasteiger charge is 2.41. The zero-order valence-corrected chi connectivity index (χ0v) is 19.7. The quantitative estimate of drug-likeness (QED) is 0.406. The number of thioether (sulfide) groups is 1. The number of methoxy groups -OCH3 is 1. The van der Waals surface area contributed by atoms with Crippen molar-refractivity contribution in [3.05, 3.63) is 41.5 Å². The Balaban J connectivity index is 2.00. The highest BCUT2D eigenvalue weighted by molar-refractivity contribution is 7.98. The van der Waals surface area contributed by atoms with Gasteiger partial charge in [0.2, 0.25) is 0 Å². The first-order chi connectivity index (χ1) is 14.4. The van der Waals surface area contributed by atoms with Crippen LogP contribution in [0.1, 0.15) is 24.5 Å². The summed E-state index contributed by atoms with van der Waals surface area (Å²) in [5, 5.41) is 6.19. The molecule has 1 fully saturated rings. The number of aromatic nitrogens is 2. The first-order valence-electron chi connectivity index (χ1n) is 10.6. The van der Waals surface area contributed by atoms with Crippen molar-refractivity contribution in [3.63, 3.8) is 0 Å². The number of ether oxygens (including phenoxy) is 2. The SMILES string of the molecule is CC[N+](C)(c1c(SC)nn2c(-c3c(C)cc(C)cc3OC)cccc12)C1CCOC1. The maximum absolute atomic E-state index is 5.78. The second kappa shape index (κ2) is 8.25. The van der Waals surface area contributed by atoms with Gasteiger partial charge in [-0.05, 0) is 56.4 Å². The van der Waals surface area contributed by atoms with Crippen molar-refractivity contribution < 1.29 is 9.47 Å². The highest BCUT2D eigenvalue weighted by Crippen LogP contribution is 2.42. The molecule has 5 nitrogen and oxygen atoms in total. The summed E-state index contributed by atoms with van der Waals surface area (Å²) in [6.45, 7) is 9.16. The number of quaternary nitrogens is 1. The third-order valence-corrected chi connectivity index (χ3v) is 7.25. The lowest BCUT2D eigenvalue weighted by atomic mass is 10.0. The second-order valence-electron chi connectivity index (χ2n) is 8.33. The Morgan fingerprint density at radius 1 is 1.30 bits per heavy atom. The van der Waals surface area contributed by atoms with E-state index in [1.165, 1.54) is 16.8 Å². The Labute approximate surface area is 183 Å². The Morgan fingerprint density at radius 3 is 2.73 bits per heavy atom. The van der Waals surface area contributed by atoms with Crippen molar-refractivity contribution in [2.75, 3.05) is 40.2 Å². The average Bonchev–Trinajstić information content (AvgIpc) is 3.41. The van der Waals surface area contributed by atoms with Crippen LogP contribution in [0.5, 0.6) is 5.75 Å². The van der Waals surface area contributed by atoms with E-state index in [0.717, 1.165) is 58.2 Å². The van der Waals surface area contributed by atoms with E-state index >= 15 is 0 Å². The van der Waals surface area contributed by atoms with Crippen LogP contribution in [0, 0.1) is 13.8 Å². The topological polar surface area (TPSA) is 35.8 Å². The Bertz CT molecular complexity index is 1070. The van der Waals surface area contributed by atoms with Crippen molar-refractivity contribution in [3.8, 4) is 17.0 Å². The van der Waals surface area contributed by atoms with Crippen molar-refractivity contribution in [2.45, 2.75) is 38.3 Å². The zero-order chi connectivity index (χ0) is 21.5. The molecule has 0 amide bonds. The highest BCUT2D eigenvalue weighted by atomic mass is 32.2. The molecule has 0 saturated carbocycles. The van der Waals surface area contributed by atoms with E-state index in [9.17, 15) is 0 Å². The van der Waals surface area contributed by atoms with E-state index in [1.807, 2.05) is 0 Å². The summed E-state index contributed by atoms with van der Waals surface area (Å²) in [4.78, 5) is 0. The van der Waals surface area contributed by atoms with E-state index in [4.69, 9.17) is 14.6 Å². The lowest BCUT2D eigenvalue weighted by Crippen LogP contribution is -2.54. The molecule has 0 radical (unpaired) electrons. The molecule has 0 spiro atoms. The minimum Gasteiger partial charge on any atom is -0.496 e. The molecule has 0 bridgehead atoms. The second-order valence-corrected chi connectivity index (χ2v) is 9.12. The molecular formula is C24H32N3O2S+. The molecule has 160 valence electrons. The smallest absolute Gasteiger partial charge is 0.193 e. The van der Waals surface area contributed by atoms with E-state index in [-0.39, 0.29) is 0 Å². The maximum Gasteiger partial charge on any atom is 0.193 e. The van der Waals surface area contributed by atoms with Crippen molar-refractivity contribution in [1.82, 2.24) is 14.1 Å². The van der Waals surface area contributed by atoms with E-state index in [2.05, 4.69) is 68.9 Å². The van der Waals surface area contributed by atoms with E-state index in [1.54, 1.807) is 18.9 Å². The Hall–Kier alpha value is -2.02. The van der Waals surface area contributed by atoms with E-state index < -0.39 is 0 Å². The van der Waals surface area contributed by atoms with Crippen molar-refractivity contribution in [1.29, 1.82) is 0 Å². The van der Waals surface area contributed by atoms with Gasteiger partial charge in [0.05, 0.1) is 39.6 Å². The monoisotopic (exact) mass is 426 g/mol. The summed E-state index contributed by atoms with van der Waals surface area (Å²) in [7, 11) is 4.07. The van der Waals surface area contributed by atoms with Crippen LogP contribution in [0.4, 0.5) is 5.69 Å². The zero-order valence-electron chi connectivity index (χ0n) is 18.9. The van der Waals surface area contributed by atoms with Gasteiger partial charge in [0.1, 0.15) is 17.3 Å². The van der Waals surface area contributed by atoms with Gasteiger partial charge in [-0.25, -0.2) is 4.52 Å². The van der Waals surface area contributed by atoms with Crippen LogP contribution >= 0.6 is 11.8 Å². The molecule has 1 saturated heterocycles. The summed E-state index contributed by atoms with van der Waals surface area (Å²) >= 11 is 1.72. The molecule has 30 heavy (non-hydrogen) atoms. The van der Waals surface area contributed by atoms with Crippen molar-refractivity contribution >= 4 is 23.0 Å². The van der Waals surface area contributed by atoms with Crippen molar-refractivity contribution in [2.24, 2.45) is 0 Å². The number of aryl methyl sites for hydroxylation is 2. The molecule has 0 aliphatic carbocycles. The lowest BCUT2D eigenvalue weighted by molar-refractivity contribution is 0.162. The molecule has 0 N–H and O–H groups in total.